The van der Waals surface area contributed by atoms with Gasteiger partial charge in [-0.15, -0.1) is 0 Å². The quantitative estimate of drug-likeness (QED) is 0.767. The van der Waals surface area contributed by atoms with Crippen molar-refractivity contribution in [2.24, 2.45) is 7.05 Å². The SMILES string of the molecule is Cn1ncc(C(=O)NC2COc3ccc(Cl)cc32)c1Cc1ccccc1. The van der Waals surface area contributed by atoms with Crippen LogP contribution in [0, 0.1) is 0 Å². The number of carbonyl (C=O) groups is 1. The van der Waals surface area contributed by atoms with E-state index in [1.54, 1.807) is 16.9 Å². The van der Waals surface area contributed by atoms with Gasteiger partial charge in [0.15, 0.2) is 0 Å². The van der Waals surface area contributed by atoms with Crippen LogP contribution >= 0.6 is 11.6 Å². The topological polar surface area (TPSA) is 56.2 Å². The maximum Gasteiger partial charge on any atom is 0.255 e. The van der Waals surface area contributed by atoms with Gasteiger partial charge in [-0.1, -0.05) is 41.9 Å². The van der Waals surface area contributed by atoms with Crippen molar-refractivity contribution in [1.82, 2.24) is 15.1 Å². The van der Waals surface area contributed by atoms with Crippen molar-refractivity contribution in [3.05, 3.63) is 82.1 Å². The summed E-state index contributed by atoms with van der Waals surface area (Å²) in [5.41, 5.74) is 3.48. The van der Waals surface area contributed by atoms with E-state index in [9.17, 15) is 4.79 Å². The third-order valence-corrected chi connectivity index (χ3v) is 4.81. The van der Waals surface area contributed by atoms with Crippen LogP contribution < -0.4 is 10.1 Å². The van der Waals surface area contributed by atoms with Gasteiger partial charge in [0, 0.05) is 24.1 Å². The number of fused-ring (bicyclic) bond motifs is 1. The van der Waals surface area contributed by atoms with Gasteiger partial charge in [0.2, 0.25) is 0 Å². The zero-order valence-corrected chi connectivity index (χ0v) is 15.0. The third kappa shape index (κ3) is 3.18. The molecule has 3 aromatic rings. The second kappa shape index (κ2) is 6.84. The Bertz CT molecular complexity index is 953. The summed E-state index contributed by atoms with van der Waals surface area (Å²) in [6.45, 7) is 0.399. The molecular formula is C20H18ClN3O2. The number of aryl methyl sites for hydroxylation is 1. The number of halogens is 1. The van der Waals surface area contributed by atoms with E-state index in [2.05, 4.69) is 10.4 Å². The van der Waals surface area contributed by atoms with E-state index >= 15 is 0 Å². The lowest BCUT2D eigenvalue weighted by Gasteiger charge is -2.13. The zero-order valence-electron chi connectivity index (χ0n) is 14.3. The van der Waals surface area contributed by atoms with Gasteiger partial charge in [-0.2, -0.15) is 5.10 Å². The highest BCUT2D eigenvalue weighted by atomic mass is 35.5. The van der Waals surface area contributed by atoms with Crippen LogP contribution in [0.5, 0.6) is 5.75 Å². The van der Waals surface area contributed by atoms with Gasteiger partial charge in [-0.25, -0.2) is 0 Å². The van der Waals surface area contributed by atoms with Crippen molar-refractivity contribution in [2.45, 2.75) is 12.5 Å². The highest BCUT2D eigenvalue weighted by molar-refractivity contribution is 6.30. The Morgan fingerprint density at radius 1 is 1.31 bits per heavy atom. The van der Waals surface area contributed by atoms with Crippen molar-refractivity contribution >= 4 is 17.5 Å². The van der Waals surface area contributed by atoms with Crippen LogP contribution in [0.4, 0.5) is 0 Å². The molecule has 1 aliphatic rings. The summed E-state index contributed by atoms with van der Waals surface area (Å²) in [5.74, 6) is 0.598. The first-order chi connectivity index (χ1) is 12.6. The number of carbonyl (C=O) groups excluding carboxylic acids is 1. The van der Waals surface area contributed by atoms with Crippen molar-refractivity contribution < 1.29 is 9.53 Å². The smallest absolute Gasteiger partial charge is 0.255 e. The molecule has 0 radical (unpaired) electrons. The van der Waals surface area contributed by atoms with Crippen LogP contribution in [-0.2, 0) is 13.5 Å². The Labute approximate surface area is 156 Å². The molecule has 1 amide bonds. The Hall–Kier alpha value is -2.79. The molecule has 2 heterocycles. The number of nitrogens with zero attached hydrogens (tertiary/aromatic N) is 2. The number of rotatable bonds is 4. The van der Waals surface area contributed by atoms with Gasteiger partial charge in [-0.3, -0.25) is 9.48 Å². The van der Waals surface area contributed by atoms with Crippen molar-refractivity contribution in [2.75, 3.05) is 6.61 Å². The van der Waals surface area contributed by atoms with E-state index in [4.69, 9.17) is 16.3 Å². The molecule has 26 heavy (non-hydrogen) atoms. The van der Waals surface area contributed by atoms with Crippen molar-refractivity contribution in [3.63, 3.8) is 0 Å². The van der Waals surface area contributed by atoms with Gasteiger partial charge >= 0.3 is 0 Å². The molecule has 5 nitrogen and oxygen atoms in total. The van der Waals surface area contributed by atoms with Crippen LogP contribution in [0.1, 0.15) is 33.2 Å². The van der Waals surface area contributed by atoms with Gasteiger partial charge in [0.1, 0.15) is 12.4 Å². The molecular weight excluding hydrogens is 350 g/mol. The van der Waals surface area contributed by atoms with E-state index in [0.717, 1.165) is 22.6 Å². The minimum atomic E-state index is -0.221. The van der Waals surface area contributed by atoms with E-state index in [-0.39, 0.29) is 11.9 Å². The fourth-order valence-electron chi connectivity index (χ4n) is 3.19. The number of benzene rings is 2. The summed E-state index contributed by atoms with van der Waals surface area (Å²) in [5, 5.41) is 7.94. The van der Waals surface area contributed by atoms with Gasteiger partial charge in [0.25, 0.3) is 5.91 Å². The largest absolute Gasteiger partial charge is 0.491 e. The Kier molecular flexibility index (Phi) is 4.39. The molecule has 0 bridgehead atoms. The average Bonchev–Trinajstić information content (AvgIpc) is 3.20. The summed E-state index contributed by atoms with van der Waals surface area (Å²) in [6, 6.07) is 15.3. The highest BCUT2D eigenvalue weighted by Gasteiger charge is 2.27. The molecule has 132 valence electrons. The Balaban J connectivity index is 1.56. The standard InChI is InChI=1S/C20H18ClN3O2/c1-24-18(9-13-5-3-2-4-6-13)16(11-22-24)20(25)23-17-12-26-19-8-7-14(21)10-15(17)19/h2-8,10-11,17H,9,12H2,1H3,(H,23,25). The number of amides is 1. The molecule has 1 aliphatic heterocycles. The lowest BCUT2D eigenvalue weighted by Crippen LogP contribution is -2.30. The number of ether oxygens (including phenoxy) is 1. The Morgan fingerprint density at radius 2 is 2.12 bits per heavy atom. The summed E-state index contributed by atoms with van der Waals surface area (Å²) in [4.78, 5) is 12.9. The minimum absolute atomic E-state index is 0.162. The predicted molar refractivity (Wildman–Crippen MR) is 99.6 cm³/mol. The molecule has 0 saturated heterocycles. The van der Waals surface area contributed by atoms with Crippen molar-refractivity contribution in [3.8, 4) is 5.75 Å². The summed E-state index contributed by atoms with van der Waals surface area (Å²) < 4.78 is 7.39. The first-order valence-electron chi connectivity index (χ1n) is 8.40. The molecule has 1 atom stereocenters. The summed E-state index contributed by atoms with van der Waals surface area (Å²) >= 11 is 6.08. The van der Waals surface area contributed by atoms with Gasteiger partial charge in [0.05, 0.1) is 23.5 Å². The average molecular weight is 368 g/mol. The molecule has 0 spiro atoms. The molecule has 2 aromatic carbocycles. The van der Waals surface area contributed by atoms with E-state index < -0.39 is 0 Å². The van der Waals surface area contributed by atoms with Crippen LogP contribution in [0.2, 0.25) is 5.02 Å². The Morgan fingerprint density at radius 3 is 2.92 bits per heavy atom. The number of hydrogen-bond donors (Lipinski definition) is 1. The van der Waals surface area contributed by atoms with E-state index in [1.807, 2.05) is 49.5 Å². The van der Waals surface area contributed by atoms with Crippen LogP contribution in [0.25, 0.3) is 0 Å². The second-order valence-corrected chi connectivity index (χ2v) is 6.75. The maximum atomic E-state index is 12.9. The molecule has 0 aliphatic carbocycles. The molecule has 1 unspecified atom stereocenters. The number of nitrogens with one attached hydrogen (secondary N) is 1. The fourth-order valence-corrected chi connectivity index (χ4v) is 3.37. The van der Waals surface area contributed by atoms with Gasteiger partial charge in [-0.05, 0) is 23.8 Å². The lowest BCUT2D eigenvalue weighted by atomic mass is 10.1. The van der Waals surface area contributed by atoms with Crippen LogP contribution in [0.3, 0.4) is 0 Å². The maximum absolute atomic E-state index is 12.9. The summed E-state index contributed by atoms with van der Waals surface area (Å²) in [6.07, 6.45) is 2.26. The monoisotopic (exact) mass is 367 g/mol. The normalized spacial score (nSPS) is 15.4. The van der Waals surface area contributed by atoms with Crippen LogP contribution in [-0.4, -0.2) is 22.3 Å². The molecule has 0 saturated carbocycles. The van der Waals surface area contributed by atoms with E-state index in [1.165, 1.54) is 0 Å². The first-order valence-corrected chi connectivity index (χ1v) is 8.77. The molecule has 1 N–H and O–H groups in total. The highest BCUT2D eigenvalue weighted by Crippen LogP contribution is 2.34. The number of aromatic nitrogens is 2. The third-order valence-electron chi connectivity index (χ3n) is 4.58. The predicted octanol–water partition coefficient (Wildman–Crippen LogP) is 3.53. The molecule has 0 fully saturated rings. The molecule has 4 rings (SSSR count). The minimum Gasteiger partial charge on any atom is -0.491 e. The molecule has 1 aromatic heterocycles. The van der Waals surface area contributed by atoms with Gasteiger partial charge < -0.3 is 10.1 Å². The first kappa shape index (κ1) is 16.7. The summed E-state index contributed by atoms with van der Waals surface area (Å²) in [7, 11) is 1.85. The van der Waals surface area contributed by atoms with E-state index in [0.29, 0.717) is 23.6 Å². The van der Waals surface area contributed by atoms with Crippen LogP contribution in [0.15, 0.2) is 54.7 Å². The zero-order chi connectivity index (χ0) is 18.1. The number of hydrogen-bond acceptors (Lipinski definition) is 3. The fraction of sp³-hybridized carbons (Fsp3) is 0.200. The van der Waals surface area contributed by atoms with Crippen molar-refractivity contribution in [1.29, 1.82) is 0 Å². The second-order valence-electron chi connectivity index (χ2n) is 6.31. The molecule has 6 heteroatoms. The lowest BCUT2D eigenvalue weighted by molar-refractivity contribution is 0.0929.